The summed E-state index contributed by atoms with van der Waals surface area (Å²) in [5, 5.41) is 3.27. The van der Waals surface area contributed by atoms with Gasteiger partial charge in [-0.3, -0.25) is 0 Å². The Kier molecular flexibility index (Phi) is 12.0. The predicted octanol–water partition coefficient (Wildman–Crippen LogP) is 5.28. The number of carbonyl (C=O) groups excluding carboxylic acids is 4. The molecule has 0 saturated heterocycles. The van der Waals surface area contributed by atoms with Gasteiger partial charge in [0, 0.05) is 0 Å². The van der Waals surface area contributed by atoms with Crippen molar-refractivity contribution in [3.05, 3.63) is 102 Å². The molecule has 0 aliphatic carbocycles. The minimum absolute atomic E-state index is 0.124. The van der Waals surface area contributed by atoms with Crippen LogP contribution in [0, 0.1) is 0 Å². The van der Waals surface area contributed by atoms with Crippen molar-refractivity contribution in [1.29, 1.82) is 0 Å². The number of alkyl carbamates (subject to hydrolysis) is 1. The standard InChI is InChI=1S/C32H37N3O9/c1-32(2,3)44-29(37)33-26(24-16-18-25(40-4)19-17-24)27(28(36)41-5)35(31(39)43-21-23-14-10-7-11-15-23)34-30(38)42-20-22-12-8-6-9-13-22/h6-19,26-27H,20-21H2,1-5H3,(H,33,37)(H,34,38)/t26-,27-/m1/s1. The molecule has 0 bridgehead atoms. The fraction of sp³-hybridized carbons (Fsp3) is 0.312. The summed E-state index contributed by atoms with van der Waals surface area (Å²) in [5.41, 5.74) is 3.12. The molecule has 3 aromatic carbocycles. The van der Waals surface area contributed by atoms with Gasteiger partial charge >= 0.3 is 24.2 Å². The topological polar surface area (TPSA) is 142 Å². The minimum atomic E-state index is -1.69. The number of esters is 1. The van der Waals surface area contributed by atoms with Crippen LogP contribution < -0.4 is 15.5 Å². The first-order valence-electron chi connectivity index (χ1n) is 13.7. The van der Waals surface area contributed by atoms with Crippen LogP contribution >= 0.6 is 0 Å². The highest BCUT2D eigenvalue weighted by atomic mass is 16.6. The van der Waals surface area contributed by atoms with Crippen molar-refractivity contribution in [1.82, 2.24) is 15.8 Å². The number of hydrazine groups is 1. The van der Waals surface area contributed by atoms with E-state index < -0.39 is 41.9 Å². The number of carbonyl (C=O) groups is 4. The second kappa shape index (κ2) is 15.8. The molecule has 0 aromatic heterocycles. The molecule has 12 heteroatoms. The summed E-state index contributed by atoms with van der Waals surface area (Å²) in [7, 11) is 2.59. The molecule has 44 heavy (non-hydrogen) atoms. The molecule has 0 fully saturated rings. The maximum atomic E-state index is 13.6. The third kappa shape index (κ3) is 10.2. The van der Waals surface area contributed by atoms with Gasteiger partial charge in [0.2, 0.25) is 0 Å². The maximum Gasteiger partial charge on any atom is 0.430 e. The fourth-order valence-electron chi connectivity index (χ4n) is 3.97. The lowest BCUT2D eigenvalue weighted by Crippen LogP contribution is -2.60. The molecule has 0 aliphatic rings. The smallest absolute Gasteiger partial charge is 0.430 e. The Morgan fingerprint density at radius 1 is 0.750 bits per heavy atom. The fourth-order valence-corrected chi connectivity index (χ4v) is 3.97. The van der Waals surface area contributed by atoms with E-state index in [9.17, 15) is 19.2 Å². The van der Waals surface area contributed by atoms with Crippen LogP contribution in [0.3, 0.4) is 0 Å². The van der Waals surface area contributed by atoms with E-state index >= 15 is 0 Å². The monoisotopic (exact) mass is 607 g/mol. The molecule has 3 rings (SSSR count). The van der Waals surface area contributed by atoms with Crippen LogP contribution in [0.1, 0.15) is 43.5 Å². The van der Waals surface area contributed by atoms with Crippen LogP contribution in [0.15, 0.2) is 84.9 Å². The number of amides is 3. The van der Waals surface area contributed by atoms with Gasteiger partial charge in [0.25, 0.3) is 0 Å². The molecule has 12 nitrogen and oxygen atoms in total. The SMILES string of the molecule is COC(=O)[C@@H]([C@H](NC(=O)OC(C)(C)C)c1ccc(OC)cc1)N(NC(=O)OCc1ccccc1)C(=O)OCc1ccccc1. The Labute approximate surface area is 256 Å². The molecule has 0 saturated carbocycles. The lowest BCUT2D eigenvalue weighted by Gasteiger charge is -2.35. The molecular formula is C32H37N3O9. The molecule has 0 aliphatic heterocycles. The molecule has 0 spiro atoms. The van der Waals surface area contributed by atoms with E-state index in [4.69, 9.17) is 23.7 Å². The van der Waals surface area contributed by atoms with Crippen molar-refractivity contribution in [3.63, 3.8) is 0 Å². The zero-order valence-electron chi connectivity index (χ0n) is 25.3. The predicted molar refractivity (Wildman–Crippen MR) is 159 cm³/mol. The number of ether oxygens (including phenoxy) is 5. The van der Waals surface area contributed by atoms with E-state index in [2.05, 4.69) is 10.7 Å². The van der Waals surface area contributed by atoms with Crippen molar-refractivity contribution >= 4 is 24.2 Å². The van der Waals surface area contributed by atoms with Gasteiger partial charge in [-0.25, -0.2) is 24.6 Å². The van der Waals surface area contributed by atoms with Gasteiger partial charge in [0.05, 0.1) is 20.3 Å². The summed E-state index contributed by atoms with van der Waals surface area (Å²) in [6, 6.07) is 21.1. The summed E-state index contributed by atoms with van der Waals surface area (Å²) in [6.45, 7) is 4.71. The Balaban J connectivity index is 2.01. The van der Waals surface area contributed by atoms with Crippen molar-refractivity contribution in [2.24, 2.45) is 0 Å². The summed E-state index contributed by atoms with van der Waals surface area (Å²) in [5.74, 6) is -0.483. The van der Waals surface area contributed by atoms with Crippen molar-refractivity contribution in [2.45, 2.75) is 51.7 Å². The zero-order chi connectivity index (χ0) is 32.1. The van der Waals surface area contributed by atoms with Gasteiger partial charge in [-0.05, 0) is 49.6 Å². The molecule has 0 unspecified atom stereocenters. The molecule has 3 aromatic rings. The number of methoxy groups -OCH3 is 2. The molecule has 2 N–H and O–H groups in total. The highest BCUT2D eigenvalue weighted by molar-refractivity contribution is 5.85. The van der Waals surface area contributed by atoms with Crippen LogP contribution in [0.2, 0.25) is 0 Å². The van der Waals surface area contributed by atoms with Crippen molar-refractivity contribution in [3.8, 4) is 5.75 Å². The van der Waals surface area contributed by atoms with Gasteiger partial charge in [-0.2, -0.15) is 5.01 Å². The maximum absolute atomic E-state index is 13.6. The average Bonchev–Trinajstić information content (AvgIpc) is 3.01. The number of hydrogen-bond donors (Lipinski definition) is 2. The van der Waals surface area contributed by atoms with E-state index in [1.54, 1.807) is 99.6 Å². The lowest BCUT2D eigenvalue weighted by molar-refractivity contribution is -0.148. The van der Waals surface area contributed by atoms with Gasteiger partial charge in [0.15, 0.2) is 6.04 Å². The average molecular weight is 608 g/mol. The summed E-state index contributed by atoms with van der Waals surface area (Å²) >= 11 is 0. The molecule has 0 heterocycles. The van der Waals surface area contributed by atoms with Crippen molar-refractivity contribution < 1.29 is 42.9 Å². The van der Waals surface area contributed by atoms with Crippen LogP contribution in [-0.4, -0.2) is 55.1 Å². The third-order valence-electron chi connectivity index (χ3n) is 6.01. The highest BCUT2D eigenvalue weighted by Gasteiger charge is 2.42. The van der Waals surface area contributed by atoms with Gasteiger partial charge in [0.1, 0.15) is 24.6 Å². The number of nitrogens with one attached hydrogen (secondary N) is 2. The first-order chi connectivity index (χ1) is 21.0. The van der Waals surface area contributed by atoms with Crippen LogP contribution in [0.5, 0.6) is 5.75 Å². The Morgan fingerprint density at radius 2 is 1.30 bits per heavy atom. The van der Waals surface area contributed by atoms with Crippen molar-refractivity contribution in [2.75, 3.05) is 14.2 Å². The Bertz CT molecular complexity index is 1380. The van der Waals surface area contributed by atoms with E-state index in [0.29, 0.717) is 27.4 Å². The van der Waals surface area contributed by atoms with E-state index in [-0.39, 0.29) is 13.2 Å². The molecule has 2 atom stereocenters. The first-order valence-corrected chi connectivity index (χ1v) is 13.7. The molecule has 0 radical (unpaired) electrons. The van der Waals surface area contributed by atoms with Crippen LogP contribution in [0.25, 0.3) is 0 Å². The second-order valence-corrected chi connectivity index (χ2v) is 10.4. The number of nitrogens with zero attached hydrogens (tertiary/aromatic N) is 1. The van der Waals surface area contributed by atoms with E-state index in [1.165, 1.54) is 7.11 Å². The number of hydrogen-bond acceptors (Lipinski definition) is 9. The number of rotatable bonds is 10. The largest absolute Gasteiger partial charge is 0.497 e. The van der Waals surface area contributed by atoms with Gasteiger partial charge in [-0.1, -0.05) is 72.8 Å². The van der Waals surface area contributed by atoms with Crippen LogP contribution in [-0.2, 0) is 37.0 Å². The normalized spacial score (nSPS) is 12.1. The summed E-state index contributed by atoms with van der Waals surface area (Å²) in [4.78, 5) is 53.0. The van der Waals surface area contributed by atoms with Gasteiger partial charge in [-0.15, -0.1) is 0 Å². The Hall–Kier alpha value is -5.26. The lowest BCUT2D eigenvalue weighted by atomic mass is 9.98. The highest BCUT2D eigenvalue weighted by Crippen LogP contribution is 2.26. The first kappa shape index (κ1) is 33.2. The zero-order valence-corrected chi connectivity index (χ0v) is 25.3. The quantitative estimate of drug-likeness (QED) is 0.179. The van der Waals surface area contributed by atoms with E-state index in [1.807, 2.05) is 6.07 Å². The summed E-state index contributed by atoms with van der Waals surface area (Å²) < 4.78 is 26.5. The van der Waals surface area contributed by atoms with Gasteiger partial charge < -0.3 is 29.0 Å². The second-order valence-electron chi connectivity index (χ2n) is 10.4. The molecule has 3 amide bonds. The number of benzene rings is 3. The third-order valence-corrected chi connectivity index (χ3v) is 6.01. The summed E-state index contributed by atoms with van der Waals surface area (Å²) in [6.07, 6.45) is -3.08. The Morgan fingerprint density at radius 3 is 1.80 bits per heavy atom. The van der Waals surface area contributed by atoms with E-state index in [0.717, 1.165) is 7.11 Å². The van der Waals surface area contributed by atoms with Crippen LogP contribution in [0.4, 0.5) is 14.4 Å². The molecule has 234 valence electrons. The minimum Gasteiger partial charge on any atom is -0.497 e. The molecular weight excluding hydrogens is 570 g/mol.